The number of amides is 2. The molecule has 2 aliphatic rings. The lowest BCUT2D eigenvalue weighted by molar-refractivity contribution is -0.121. The van der Waals surface area contributed by atoms with Crippen LogP contribution in [0.4, 0.5) is 5.69 Å². The van der Waals surface area contributed by atoms with Crippen LogP contribution in [-0.4, -0.2) is 18.4 Å². The fraction of sp³-hybridized carbons (Fsp3) is 0.263. The molecule has 4 nitrogen and oxygen atoms in total. The smallest absolute Gasteiger partial charge is 0.251 e. The summed E-state index contributed by atoms with van der Waals surface area (Å²) in [6.07, 6.45) is 1.85. The fourth-order valence-corrected chi connectivity index (χ4v) is 3.49. The molecule has 0 aliphatic carbocycles. The topological polar surface area (TPSA) is 49.4 Å². The number of carbonyl (C=O) groups is 2. The number of hydrogen-bond acceptors (Lipinski definition) is 2. The Kier molecular flexibility index (Phi) is 3.37. The molecule has 2 heterocycles. The number of nitrogens with one attached hydrogen (secondary N) is 1. The van der Waals surface area contributed by atoms with Crippen LogP contribution in [0.15, 0.2) is 48.5 Å². The third-order valence-electron chi connectivity index (χ3n) is 4.73. The Morgan fingerprint density at radius 3 is 2.70 bits per heavy atom. The van der Waals surface area contributed by atoms with Crippen molar-refractivity contribution < 1.29 is 9.59 Å². The van der Waals surface area contributed by atoms with Gasteiger partial charge in [-0.3, -0.25) is 9.59 Å². The van der Waals surface area contributed by atoms with Crippen LogP contribution in [0.1, 0.15) is 40.2 Å². The second kappa shape index (κ2) is 5.54. The van der Waals surface area contributed by atoms with E-state index in [0.717, 1.165) is 29.7 Å². The molecule has 0 aromatic heterocycles. The predicted octanol–water partition coefficient (Wildman–Crippen LogP) is 2.84. The number of rotatable bonds is 2. The van der Waals surface area contributed by atoms with Crippen LogP contribution in [-0.2, 0) is 11.3 Å². The van der Waals surface area contributed by atoms with E-state index in [9.17, 15) is 9.59 Å². The summed E-state index contributed by atoms with van der Waals surface area (Å²) in [7, 11) is 0. The third kappa shape index (κ3) is 2.40. The summed E-state index contributed by atoms with van der Waals surface area (Å²) in [5.41, 5.74) is 3.59. The van der Waals surface area contributed by atoms with Gasteiger partial charge >= 0.3 is 0 Å². The van der Waals surface area contributed by atoms with Crippen molar-refractivity contribution in [1.29, 1.82) is 0 Å². The summed E-state index contributed by atoms with van der Waals surface area (Å²) >= 11 is 0. The molecule has 2 aromatic carbocycles. The summed E-state index contributed by atoms with van der Waals surface area (Å²) in [6, 6.07) is 15.7. The van der Waals surface area contributed by atoms with Crippen molar-refractivity contribution in [2.75, 3.05) is 11.4 Å². The van der Waals surface area contributed by atoms with E-state index >= 15 is 0 Å². The minimum atomic E-state index is -0.0907. The molecule has 0 bridgehead atoms. The van der Waals surface area contributed by atoms with Crippen LogP contribution in [0.2, 0.25) is 0 Å². The highest BCUT2D eigenvalue weighted by atomic mass is 16.2. The fourth-order valence-electron chi connectivity index (χ4n) is 3.49. The lowest BCUT2D eigenvalue weighted by atomic mass is 9.89. The molecule has 23 heavy (non-hydrogen) atoms. The van der Waals surface area contributed by atoms with E-state index in [1.807, 2.05) is 53.4 Å². The maximum atomic E-state index is 12.9. The SMILES string of the molecule is O=C1NCc2ccc(N3CCCC(c4ccccc4)C3=O)cc21. The molecule has 1 saturated heterocycles. The average Bonchev–Trinajstić information content (AvgIpc) is 2.96. The monoisotopic (exact) mass is 306 g/mol. The van der Waals surface area contributed by atoms with Gasteiger partial charge in [0.1, 0.15) is 0 Å². The van der Waals surface area contributed by atoms with Crippen molar-refractivity contribution in [1.82, 2.24) is 5.32 Å². The number of carbonyl (C=O) groups excluding carboxylic acids is 2. The van der Waals surface area contributed by atoms with Crippen LogP contribution in [0.25, 0.3) is 0 Å². The van der Waals surface area contributed by atoms with Crippen molar-refractivity contribution in [2.24, 2.45) is 0 Å². The molecular formula is C19H18N2O2. The molecule has 4 heteroatoms. The Bertz CT molecular complexity index is 770. The Labute approximate surface area is 135 Å². The number of hydrogen-bond donors (Lipinski definition) is 1. The van der Waals surface area contributed by atoms with Crippen molar-refractivity contribution in [2.45, 2.75) is 25.3 Å². The van der Waals surface area contributed by atoms with Crippen LogP contribution >= 0.6 is 0 Å². The molecule has 2 amide bonds. The number of piperidine rings is 1. The first-order valence-electron chi connectivity index (χ1n) is 8.01. The molecule has 1 atom stereocenters. The van der Waals surface area contributed by atoms with E-state index < -0.39 is 0 Å². The van der Waals surface area contributed by atoms with Crippen LogP contribution in [0.3, 0.4) is 0 Å². The standard InChI is InChI=1S/C19H18N2O2/c22-18-17-11-15(9-8-14(17)12-20-18)21-10-4-7-16(19(21)23)13-5-2-1-3-6-13/h1-3,5-6,8-9,11,16H,4,7,10,12H2,(H,20,22). The van der Waals surface area contributed by atoms with Crippen molar-refractivity contribution in [3.05, 3.63) is 65.2 Å². The zero-order valence-electron chi connectivity index (χ0n) is 12.8. The van der Waals surface area contributed by atoms with Crippen molar-refractivity contribution in [3.8, 4) is 0 Å². The molecule has 116 valence electrons. The number of benzene rings is 2. The van der Waals surface area contributed by atoms with Crippen LogP contribution in [0, 0.1) is 0 Å². The molecule has 0 saturated carbocycles. The Morgan fingerprint density at radius 2 is 1.87 bits per heavy atom. The van der Waals surface area contributed by atoms with Crippen molar-refractivity contribution in [3.63, 3.8) is 0 Å². The molecule has 0 spiro atoms. The van der Waals surface area contributed by atoms with Gasteiger partial charge in [0.15, 0.2) is 0 Å². The summed E-state index contributed by atoms with van der Waals surface area (Å²) < 4.78 is 0. The van der Waals surface area contributed by atoms with E-state index in [0.29, 0.717) is 18.7 Å². The second-order valence-electron chi connectivity index (χ2n) is 6.12. The average molecular weight is 306 g/mol. The molecular weight excluding hydrogens is 288 g/mol. The normalized spacial score (nSPS) is 20.3. The van der Waals surface area contributed by atoms with E-state index in [-0.39, 0.29) is 17.7 Å². The highest BCUT2D eigenvalue weighted by Crippen LogP contribution is 2.32. The van der Waals surface area contributed by atoms with Gasteiger partial charge in [0.25, 0.3) is 5.91 Å². The van der Waals surface area contributed by atoms with E-state index in [1.54, 1.807) is 0 Å². The van der Waals surface area contributed by atoms with Gasteiger partial charge in [0, 0.05) is 24.3 Å². The van der Waals surface area contributed by atoms with Gasteiger partial charge in [0.2, 0.25) is 5.91 Å². The molecule has 1 N–H and O–H groups in total. The predicted molar refractivity (Wildman–Crippen MR) is 88.4 cm³/mol. The summed E-state index contributed by atoms with van der Waals surface area (Å²) in [4.78, 5) is 26.6. The summed E-state index contributed by atoms with van der Waals surface area (Å²) in [6.45, 7) is 1.29. The minimum Gasteiger partial charge on any atom is -0.348 e. The molecule has 4 rings (SSSR count). The lowest BCUT2D eigenvalue weighted by Gasteiger charge is -2.32. The maximum Gasteiger partial charge on any atom is 0.251 e. The minimum absolute atomic E-state index is 0.0501. The van der Waals surface area contributed by atoms with E-state index in [4.69, 9.17) is 0 Å². The molecule has 2 aromatic rings. The summed E-state index contributed by atoms with van der Waals surface area (Å²) in [5, 5.41) is 2.82. The highest BCUT2D eigenvalue weighted by molar-refractivity contribution is 6.02. The number of anilines is 1. The Morgan fingerprint density at radius 1 is 1.04 bits per heavy atom. The third-order valence-corrected chi connectivity index (χ3v) is 4.73. The quantitative estimate of drug-likeness (QED) is 0.927. The first kappa shape index (κ1) is 14.0. The van der Waals surface area contributed by atoms with Gasteiger partial charge < -0.3 is 10.2 Å². The van der Waals surface area contributed by atoms with Gasteiger partial charge in [-0.05, 0) is 36.1 Å². The van der Waals surface area contributed by atoms with Crippen molar-refractivity contribution >= 4 is 17.5 Å². The van der Waals surface area contributed by atoms with Gasteiger partial charge in [0.05, 0.1) is 5.92 Å². The zero-order chi connectivity index (χ0) is 15.8. The second-order valence-corrected chi connectivity index (χ2v) is 6.12. The van der Waals surface area contributed by atoms with Gasteiger partial charge in [-0.2, -0.15) is 0 Å². The molecule has 1 unspecified atom stereocenters. The maximum absolute atomic E-state index is 12.9. The Hall–Kier alpha value is -2.62. The first-order valence-corrected chi connectivity index (χ1v) is 8.01. The lowest BCUT2D eigenvalue weighted by Crippen LogP contribution is -2.40. The van der Waals surface area contributed by atoms with Gasteiger partial charge in [-0.1, -0.05) is 36.4 Å². The van der Waals surface area contributed by atoms with E-state index in [2.05, 4.69) is 5.32 Å². The first-order chi connectivity index (χ1) is 11.2. The highest BCUT2D eigenvalue weighted by Gasteiger charge is 2.31. The Balaban J connectivity index is 1.66. The largest absolute Gasteiger partial charge is 0.348 e. The zero-order valence-corrected chi connectivity index (χ0v) is 12.8. The van der Waals surface area contributed by atoms with Crippen LogP contribution < -0.4 is 10.2 Å². The molecule has 0 radical (unpaired) electrons. The van der Waals surface area contributed by atoms with Gasteiger partial charge in [-0.25, -0.2) is 0 Å². The molecule has 2 aliphatic heterocycles. The number of nitrogens with zero attached hydrogens (tertiary/aromatic N) is 1. The molecule has 1 fully saturated rings. The van der Waals surface area contributed by atoms with E-state index in [1.165, 1.54) is 0 Å². The number of fused-ring (bicyclic) bond motifs is 1. The van der Waals surface area contributed by atoms with Gasteiger partial charge in [-0.15, -0.1) is 0 Å². The summed E-state index contributed by atoms with van der Waals surface area (Å²) in [5.74, 6) is -0.0150. The van der Waals surface area contributed by atoms with Crippen LogP contribution in [0.5, 0.6) is 0 Å².